The van der Waals surface area contributed by atoms with Gasteiger partial charge in [0.15, 0.2) is 0 Å². The Morgan fingerprint density at radius 3 is 2.65 bits per heavy atom. The fourth-order valence-corrected chi connectivity index (χ4v) is 3.33. The summed E-state index contributed by atoms with van der Waals surface area (Å²) in [4.78, 5) is 25.3. The fourth-order valence-electron chi connectivity index (χ4n) is 1.78. The van der Waals surface area contributed by atoms with Gasteiger partial charge in [-0.3, -0.25) is 14.5 Å². The number of thioether (sulfide) groups is 1. The van der Waals surface area contributed by atoms with Crippen LogP contribution in [0, 0.1) is 0 Å². The highest BCUT2D eigenvalue weighted by Gasteiger charge is 2.36. The molecular formula is C13H13ClN2O2S2. The molecule has 4 nitrogen and oxygen atoms in total. The number of hydrogen-bond acceptors (Lipinski definition) is 4. The molecule has 0 aliphatic carbocycles. The molecule has 20 heavy (non-hydrogen) atoms. The zero-order chi connectivity index (χ0) is 14.7. The number of rotatable bonds is 4. The first kappa shape index (κ1) is 15.3. The number of carbonyl (C=O) groups excluding carboxylic acids is 2. The lowest BCUT2D eigenvalue weighted by molar-refractivity contribution is -0.129. The maximum absolute atomic E-state index is 12.0. The molecule has 1 atom stereocenters. The maximum Gasteiger partial charge on any atom is 0.244 e. The molecule has 0 spiro atoms. The standard InChI is InChI=1S/C13H13ClN2O2S2/c1-2-10-12(18)16(13(19)20-10)7-11(17)15-9-5-3-8(14)4-6-9/h3-6,10H,2,7H2,1H3,(H,15,17)/t10-/m0/s1. The number of anilines is 1. The molecule has 1 aromatic rings. The minimum Gasteiger partial charge on any atom is -0.325 e. The molecule has 1 heterocycles. The van der Waals surface area contributed by atoms with E-state index in [9.17, 15) is 9.59 Å². The van der Waals surface area contributed by atoms with E-state index in [4.69, 9.17) is 23.8 Å². The van der Waals surface area contributed by atoms with Crippen LogP contribution in [-0.4, -0.2) is 32.8 Å². The number of benzene rings is 1. The van der Waals surface area contributed by atoms with Gasteiger partial charge in [-0.05, 0) is 30.7 Å². The van der Waals surface area contributed by atoms with Crippen LogP contribution >= 0.6 is 35.6 Å². The molecule has 0 aromatic heterocycles. The van der Waals surface area contributed by atoms with Gasteiger partial charge in [0.2, 0.25) is 11.8 Å². The molecule has 1 aliphatic rings. The summed E-state index contributed by atoms with van der Waals surface area (Å²) < 4.78 is 0.466. The lowest BCUT2D eigenvalue weighted by Gasteiger charge is -2.15. The Hall–Kier alpha value is -1.11. The summed E-state index contributed by atoms with van der Waals surface area (Å²) in [7, 11) is 0. The second-order valence-electron chi connectivity index (χ2n) is 4.26. The molecule has 2 rings (SSSR count). The summed E-state index contributed by atoms with van der Waals surface area (Å²) in [5.41, 5.74) is 0.636. The van der Waals surface area contributed by atoms with Gasteiger partial charge >= 0.3 is 0 Å². The van der Waals surface area contributed by atoms with E-state index in [-0.39, 0.29) is 23.6 Å². The molecule has 1 N–H and O–H groups in total. The first-order valence-electron chi connectivity index (χ1n) is 6.08. The second kappa shape index (κ2) is 6.56. The fraction of sp³-hybridized carbons (Fsp3) is 0.308. The van der Waals surface area contributed by atoms with Crippen molar-refractivity contribution in [2.75, 3.05) is 11.9 Å². The minimum absolute atomic E-state index is 0.0518. The lowest BCUT2D eigenvalue weighted by atomic mass is 10.3. The topological polar surface area (TPSA) is 49.4 Å². The van der Waals surface area contributed by atoms with Gasteiger partial charge in [0, 0.05) is 10.7 Å². The Balaban J connectivity index is 1.96. The third kappa shape index (κ3) is 3.50. The number of nitrogens with zero attached hydrogens (tertiary/aromatic N) is 1. The summed E-state index contributed by atoms with van der Waals surface area (Å²) in [5, 5.41) is 3.15. The van der Waals surface area contributed by atoms with Crippen molar-refractivity contribution in [3.05, 3.63) is 29.3 Å². The minimum atomic E-state index is -0.277. The predicted molar refractivity (Wildman–Crippen MR) is 86.1 cm³/mol. The van der Waals surface area contributed by atoms with E-state index in [1.165, 1.54) is 16.7 Å². The number of carbonyl (C=O) groups is 2. The van der Waals surface area contributed by atoms with E-state index in [2.05, 4.69) is 5.32 Å². The van der Waals surface area contributed by atoms with Gasteiger partial charge < -0.3 is 5.32 Å². The SMILES string of the molecule is CC[C@@H]1SC(=S)N(CC(=O)Nc2ccc(Cl)cc2)C1=O. The van der Waals surface area contributed by atoms with Crippen molar-refractivity contribution in [2.24, 2.45) is 0 Å². The molecule has 1 saturated heterocycles. The largest absolute Gasteiger partial charge is 0.325 e. The molecule has 106 valence electrons. The van der Waals surface area contributed by atoms with Crippen LogP contribution in [0.4, 0.5) is 5.69 Å². The first-order chi connectivity index (χ1) is 9.51. The van der Waals surface area contributed by atoms with Gasteiger partial charge in [-0.25, -0.2) is 0 Å². The van der Waals surface area contributed by atoms with Crippen molar-refractivity contribution in [1.29, 1.82) is 0 Å². The average Bonchev–Trinajstić information content (AvgIpc) is 2.69. The van der Waals surface area contributed by atoms with Gasteiger partial charge in [-0.2, -0.15) is 0 Å². The molecule has 0 saturated carbocycles. The van der Waals surface area contributed by atoms with Gasteiger partial charge in [-0.1, -0.05) is 42.5 Å². The molecule has 1 fully saturated rings. The van der Waals surface area contributed by atoms with Crippen LogP contribution < -0.4 is 5.32 Å². The maximum atomic E-state index is 12.0. The Bertz CT molecular complexity index is 548. The zero-order valence-corrected chi connectivity index (χ0v) is 13.1. The Kier molecular flexibility index (Phi) is 5.01. The van der Waals surface area contributed by atoms with Crippen LogP contribution in [-0.2, 0) is 9.59 Å². The summed E-state index contributed by atoms with van der Waals surface area (Å²) in [6, 6.07) is 6.78. The van der Waals surface area contributed by atoms with Gasteiger partial charge in [0.05, 0.1) is 5.25 Å². The van der Waals surface area contributed by atoms with Gasteiger partial charge in [0.1, 0.15) is 10.9 Å². The molecular weight excluding hydrogens is 316 g/mol. The average molecular weight is 329 g/mol. The van der Waals surface area contributed by atoms with Crippen LogP contribution in [0.1, 0.15) is 13.3 Å². The van der Waals surface area contributed by atoms with Crippen molar-refractivity contribution >= 4 is 57.4 Å². The van der Waals surface area contributed by atoms with E-state index in [1.807, 2.05) is 6.92 Å². The molecule has 0 unspecified atom stereocenters. The molecule has 7 heteroatoms. The number of thiocarbonyl (C=S) groups is 1. The van der Waals surface area contributed by atoms with Crippen molar-refractivity contribution in [2.45, 2.75) is 18.6 Å². The first-order valence-corrected chi connectivity index (χ1v) is 7.75. The highest BCUT2D eigenvalue weighted by atomic mass is 35.5. The molecule has 1 aromatic carbocycles. The van der Waals surface area contributed by atoms with E-state index < -0.39 is 0 Å². The van der Waals surface area contributed by atoms with Gasteiger partial charge in [0.25, 0.3) is 0 Å². The monoisotopic (exact) mass is 328 g/mol. The van der Waals surface area contributed by atoms with Crippen LogP contribution in [0.2, 0.25) is 5.02 Å². The summed E-state index contributed by atoms with van der Waals surface area (Å²) in [5.74, 6) is -0.367. The van der Waals surface area contributed by atoms with Crippen molar-refractivity contribution in [3.63, 3.8) is 0 Å². The summed E-state index contributed by atoms with van der Waals surface area (Å²) >= 11 is 12.2. The third-order valence-corrected chi connectivity index (χ3v) is 4.81. The van der Waals surface area contributed by atoms with Gasteiger partial charge in [-0.15, -0.1) is 0 Å². The Morgan fingerprint density at radius 2 is 2.10 bits per heavy atom. The number of hydrogen-bond donors (Lipinski definition) is 1. The number of halogens is 1. The van der Waals surface area contributed by atoms with E-state index >= 15 is 0 Å². The summed E-state index contributed by atoms with van der Waals surface area (Å²) in [6.07, 6.45) is 0.707. The van der Waals surface area contributed by atoms with E-state index in [1.54, 1.807) is 24.3 Å². The van der Waals surface area contributed by atoms with Crippen LogP contribution in [0.5, 0.6) is 0 Å². The van der Waals surface area contributed by atoms with Crippen LogP contribution in [0.3, 0.4) is 0 Å². The van der Waals surface area contributed by atoms with Crippen molar-refractivity contribution < 1.29 is 9.59 Å². The Labute approximate surface area is 131 Å². The van der Waals surface area contributed by atoms with E-state index in [0.29, 0.717) is 21.5 Å². The molecule has 0 radical (unpaired) electrons. The second-order valence-corrected chi connectivity index (χ2v) is 6.53. The highest BCUT2D eigenvalue weighted by molar-refractivity contribution is 8.24. The van der Waals surface area contributed by atoms with Crippen molar-refractivity contribution in [1.82, 2.24) is 4.90 Å². The number of nitrogens with one attached hydrogen (secondary N) is 1. The normalized spacial score (nSPS) is 18.5. The van der Waals surface area contributed by atoms with Crippen molar-refractivity contribution in [3.8, 4) is 0 Å². The molecule has 0 bridgehead atoms. The predicted octanol–water partition coefficient (Wildman–Crippen LogP) is 2.92. The van der Waals surface area contributed by atoms with Crippen LogP contribution in [0.15, 0.2) is 24.3 Å². The number of amides is 2. The Morgan fingerprint density at radius 1 is 1.45 bits per heavy atom. The van der Waals surface area contributed by atoms with Crippen LogP contribution in [0.25, 0.3) is 0 Å². The third-order valence-electron chi connectivity index (χ3n) is 2.81. The quantitative estimate of drug-likeness (QED) is 0.863. The molecule has 2 amide bonds. The zero-order valence-electron chi connectivity index (χ0n) is 10.8. The lowest BCUT2D eigenvalue weighted by Crippen LogP contribution is -2.38. The van der Waals surface area contributed by atoms with E-state index in [0.717, 1.165) is 0 Å². The molecule has 1 aliphatic heterocycles. The highest BCUT2D eigenvalue weighted by Crippen LogP contribution is 2.29. The summed E-state index contributed by atoms with van der Waals surface area (Å²) in [6.45, 7) is 1.87. The smallest absolute Gasteiger partial charge is 0.244 e.